The van der Waals surface area contributed by atoms with Crippen LogP contribution in [0.25, 0.3) is 0 Å². The molecule has 0 radical (unpaired) electrons. The number of nitro benzene ring substituents is 1. The Morgan fingerprint density at radius 3 is 2.67 bits per heavy atom. The molecule has 0 spiro atoms. The topological polar surface area (TPSA) is 87.5 Å². The molecule has 1 aliphatic rings. The van der Waals surface area contributed by atoms with E-state index in [9.17, 15) is 14.9 Å². The average molecular weight is 292 g/mol. The van der Waals surface area contributed by atoms with Gasteiger partial charge in [-0.1, -0.05) is 6.42 Å². The summed E-state index contributed by atoms with van der Waals surface area (Å²) in [5, 5.41) is 15.8. The summed E-state index contributed by atoms with van der Waals surface area (Å²) in [6.07, 6.45) is 3.31. The maximum absolute atomic E-state index is 11.8. The van der Waals surface area contributed by atoms with E-state index >= 15 is 0 Å². The van der Waals surface area contributed by atoms with Crippen LogP contribution in [0.5, 0.6) is 0 Å². The number of hydrogen-bond acceptors (Lipinski definition) is 5. The predicted octanol–water partition coefficient (Wildman–Crippen LogP) is 2.16. The quantitative estimate of drug-likeness (QED) is 0.641. The normalized spacial score (nSPS) is 15.5. The van der Waals surface area contributed by atoms with Gasteiger partial charge in [0.15, 0.2) is 0 Å². The first kappa shape index (κ1) is 15.2. The van der Waals surface area contributed by atoms with Crippen molar-refractivity contribution in [1.29, 1.82) is 0 Å². The van der Waals surface area contributed by atoms with E-state index in [1.54, 1.807) is 0 Å². The third-order valence-corrected chi connectivity index (χ3v) is 3.43. The van der Waals surface area contributed by atoms with Gasteiger partial charge in [0.1, 0.15) is 5.69 Å². The molecule has 0 bridgehead atoms. The number of carbonyl (C=O) groups excluding carboxylic acids is 1. The Kier molecular flexibility index (Phi) is 5.10. The van der Waals surface area contributed by atoms with Crippen LogP contribution in [0.1, 0.15) is 36.5 Å². The van der Waals surface area contributed by atoms with Crippen LogP contribution in [0.4, 0.5) is 11.4 Å². The van der Waals surface area contributed by atoms with Gasteiger partial charge in [-0.3, -0.25) is 14.9 Å². The lowest BCUT2D eigenvalue weighted by Gasteiger charge is -2.27. The second-order valence-corrected chi connectivity index (χ2v) is 5.01. The SMILES string of the molecule is CCNC(=O)c1ccc([N+](=O)[O-])c(NN2CCCCC2)c1. The van der Waals surface area contributed by atoms with Crippen LogP contribution < -0.4 is 10.7 Å². The summed E-state index contributed by atoms with van der Waals surface area (Å²) in [4.78, 5) is 22.5. The molecule has 0 saturated carbocycles. The number of nitrogens with one attached hydrogen (secondary N) is 2. The lowest BCUT2D eigenvalue weighted by Crippen LogP contribution is -2.35. The molecule has 0 unspecified atom stereocenters. The minimum atomic E-state index is -0.437. The van der Waals surface area contributed by atoms with Crippen molar-refractivity contribution in [2.45, 2.75) is 26.2 Å². The van der Waals surface area contributed by atoms with Crippen LogP contribution in [0.2, 0.25) is 0 Å². The van der Waals surface area contributed by atoms with Crippen LogP contribution in [-0.2, 0) is 0 Å². The molecule has 0 aromatic heterocycles. The number of nitrogens with zero attached hydrogens (tertiary/aromatic N) is 2. The number of amides is 1. The molecular formula is C14H20N4O3. The fourth-order valence-electron chi connectivity index (χ4n) is 2.36. The third kappa shape index (κ3) is 3.91. The smallest absolute Gasteiger partial charge is 0.293 e. The summed E-state index contributed by atoms with van der Waals surface area (Å²) < 4.78 is 0. The molecule has 1 saturated heterocycles. The molecule has 0 aliphatic carbocycles. The Labute approximate surface area is 123 Å². The second kappa shape index (κ2) is 7.03. The molecule has 1 fully saturated rings. The van der Waals surface area contributed by atoms with Crippen LogP contribution in [0.15, 0.2) is 18.2 Å². The molecule has 2 rings (SSSR count). The van der Waals surface area contributed by atoms with Crippen LogP contribution in [0.3, 0.4) is 0 Å². The number of piperidine rings is 1. The van der Waals surface area contributed by atoms with Gasteiger partial charge in [0.2, 0.25) is 0 Å². The van der Waals surface area contributed by atoms with Crippen LogP contribution in [-0.4, -0.2) is 35.5 Å². The number of hydrogen-bond donors (Lipinski definition) is 2. The van der Waals surface area contributed by atoms with Crippen molar-refractivity contribution in [3.05, 3.63) is 33.9 Å². The van der Waals surface area contributed by atoms with E-state index in [4.69, 9.17) is 0 Å². The third-order valence-electron chi connectivity index (χ3n) is 3.43. The van der Waals surface area contributed by atoms with E-state index in [2.05, 4.69) is 10.7 Å². The van der Waals surface area contributed by atoms with Crippen molar-refractivity contribution in [3.63, 3.8) is 0 Å². The minimum Gasteiger partial charge on any atom is -0.352 e. The summed E-state index contributed by atoms with van der Waals surface area (Å²) in [6.45, 7) is 4.05. The molecular weight excluding hydrogens is 272 g/mol. The summed E-state index contributed by atoms with van der Waals surface area (Å²) in [5.74, 6) is -0.228. The van der Waals surface area contributed by atoms with E-state index in [1.165, 1.54) is 24.6 Å². The second-order valence-electron chi connectivity index (χ2n) is 5.01. The van der Waals surface area contributed by atoms with Gasteiger partial charge in [0.05, 0.1) is 4.92 Å². The van der Waals surface area contributed by atoms with Crippen LogP contribution in [0, 0.1) is 10.1 Å². The molecule has 7 nitrogen and oxygen atoms in total. The highest BCUT2D eigenvalue weighted by Gasteiger charge is 2.19. The van der Waals surface area contributed by atoms with E-state index in [1.807, 2.05) is 11.9 Å². The first-order valence-electron chi connectivity index (χ1n) is 7.20. The number of nitro groups is 1. The minimum absolute atomic E-state index is 0.0198. The van der Waals surface area contributed by atoms with E-state index < -0.39 is 4.92 Å². The molecule has 1 aromatic rings. The highest BCUT2D eigenvalue weighted by Crippen LogP contribution is 2.26. The number of anilines is 1. The Balaban J connectivity index is 2.23. The van der Waals surface area contributed by atoms with Gasteiger partial charge >= 0.3 is 0 Å². The van der Waals surface area contributed by atoms with E-state index in [-0.39, 0.29) is 11.6 Å². The molecule has 114 valence electrons. The summed E-state index contributed by atoms with van der Waals surface area (Å²) >= 11 is 0. The Bertz CT molecular complexity index is 527. The van der Waals surface area contributed by atoms with Crippen molar-refractivity contribution in [1.82, 2.24) is 10.3 Å². The van der Waals surface area contributed by atoms with Gasteiger partial charge in [-0.2, -0.15) is 0 Å². The summed E-state index contributed by atoms with van der Waals surface area (Å²) in [7, 11) is 0. The van der Waals surface area contributed by atoms with E-state index in [0.29, 0.717) is 17.8 Å². The summed E-state index contributed by atoms with van der Waals surface area (Å²) in [6, 6.07) is 4.39. The van der Waals surface area contributed by atoms with Gasteiger partial charge in [0.25, 0.3) is 11.6 Å². The zero-order chi connectivity index (χ0) is 15.2. The van der Waals surface area contributed by atoms with Crippen molar-refractivity contribution in [2.75, 3.05) is 25.1 Å². The Hall–Kier alpha value is -2.15. The average Bonchev–Trinajstić information content (AvgIpc) is 2.48. The monoisotopic (exact) mass is 292 g/mol. The molecule has 1 aliphatic heterocycles. The maximum Gasteiger partial charge on any atom is 0.293 e. The zero-order valence-electron chi connectivity index (χ0n) is 12.1. The number of benzene rings is 1. The van der Waals surface area contributed by atoms with Crippen molar-refractivity contribution >= 4 is 17.3 Å². The Morgan fingerprint density at radius 1 is 1.33 bits per heavy atom. The molecule has 2 N–H and O–H groups in total. The van der Waals surface area contributed by atoms with E-state index in [0.717, 1.165) is 25.9 Å². The maximum atomic E-state index is 11.8. The number of rotatable bonds is 5. The standard InChI is InChI=1S/C14H20N4O3/c1-2-15-14(19)11-6-7-13(18(20)21)12(10-11)16-17-8-4-3-5-9-17/h6-7,10,16H,2-5,8-9H2,1H3,(H,15,19). The number of hydrazine groups is 1. The van der Waals surface area contributed by atoms with Crippen LogP contribution >= 0.6 is 0 Å². The van der Waals surface area contributed by atoms with Gasteiger partial charge in [0, 0.05) is 31.3 Å². The number of carbonyl (C=O) groups is 1. The highest BCUT2D eigenvalue weighted by atomic mass is 16.6. The van der Waals surface area contributed by atoms with Crippen molar-refractivity contribution in [3.8, 4) is 0 Å². The van der Waals surface area contributed by atoms with Crippen molar-refractivity contribution in [2.24, 2.45) is 0 Å². The molecule has 1 amide bonds. The van der Waals surface area contributed by atoms with Gasteiger partial charge in [-0.25, -0.2) is 5.01 Å². The molecule has 21 heavy (non-hydrogen) atoms. The zero-order valence-corrected chi connectivity index (χ0v) is 12.1. The van der Waals surface area contributed by atoms with Gasteiger partial charge in [-0.15, -0.1) is 0 Å². The lowest BCUT2D eigenvalue weighted by atomic mass is 10.1. The molecule has 7 heteroatoms. The van der Waals surface area contributed by atoms with Gasteiger partial charge in [-0.05, 0) is 31.9 Å². The first-order chi connectivity index (χ1) is 10.1. The molecule has 0 atom stereocenters. The fraction of sp³-hybridized carbons (Fsp3) is 0.500. The largest absolute Gasteiger partial charge is 0.352 e. The molecule has 1 heterocycles. The van der Waals surface area contributed by atoms with Crippen molar-refractivity contribution < 1.29 is 9.72 Å². The lowest BCUT2D eigenvalue weighted by molar-refractivity contribution is -0.384. The Morgan fingerprint density at radius 2 is 2.05 bits per heavy atom. The fourth-order valence-corrected chi connectivity index (χ4v) is 2.36. The summed E-state index contributed by atoms with van der Waals surface area (Å²) in [5.41, 5.74) is 3.84. The van der Waals surface area contributed by atoms with Gasteiger partial charge < -0.3 is 10.7 Å². The first-order valence-corrected chi connectivity index (χ1v) is 7.20. The predicted molar refractivity (Wildman–Crippen MR) is 80.2 cm³/mol. The highest BCUT2D eigenvalue weighted by molar-refractivity contribution is 5.95. The molecule has 1 aromatic carbocycles.